The van der Waals surface area contributed by atoms with Crippen LogP contribution in [0.5, 0.6) is 0 Å². The highest BCUT2D eigenvalue weighted by Crippen LogP contribution is 1.90. The number of nitrogens with one attached hydrogen (secondary N) is 1. The van der Waals surface area contributed by atoms with Gasteiger partial charge < -0.3 is 10.4 Å². The number of rotatable bonds is 6. The minimum absolute atomic E-state index is 0.156. The molecule has 0 aliphatic carbocycles. The molecule has 1 aromatic heterocycles. The fourth-order valence-electron chi connectivity index (χ4n) is 1.01. The van der Waals surface area contributed by atoms with Crippen LogP contribution in [0.15, 0.2) is 18.5 Å². The van der Waals surface area contributed by atoms with Gasteiger partial charge in [-0.1, -0.05) is 6.58 Å². The van der Waals surface area contributed by atoms with Crippen molar-refractivity contribution in [3.8, 4) is 0 Å². The van der Waals surface area contributed by atoms with Crippen LogP contribution in [0.25, 0.3) is 0 Å². The van der Waals surface area contributed by atoms with Gasteiger partial charge in [0.1, 0.15) is 6.33 Å². The van der Waals surface area contributed by atoms with Gasteiger partial charge in [-0.25, -0.2) is 9.78 Å². The molecule has 0 aliphatic heterocycles. The maximum atomic E-state index is 10.4. The third-order valence-corrected chi connectivity index (χ3v) is 1.81. The Labute approximate surface area is 87.6 Å². The van der Waals surface area contributed by atoms with Crippen molar-refractivity contribution in [1.82, 2.24) is 20.1 Å². The number of hydrogen-bond acceptors (Lipinski definition) is 4. The predicted octanol–water partition coefficient (Wildman–Crippen LogP) is -0.412. The number of carboxylic acids is 1. The van der Waals surface area contributed by atoms with Crippen molar-refractivity contribution in [3.63, 3.8) is 0 Å². The fourth-order valence-corrected chi connectivity index (χ4v) is 1.01. The van der Waals surface area contributed by atoms with Crippen LogP contribution >= 0.6 is 0 Å². The van der Waals surface area contributed by atoms with E-state index in [9.17, 15) is 4.79 Å². The number of aromatic nitrogens is 3. The SMILES string of the molecule is C=C(CNCCc1ncn(C)n1)C(=O)O. The Morgan fingerprint density at radius 3 is 3.00 bits per heavy atom. The molecule has 1 aromatic rings. The maximum Gasteiger partial charge on any atom is 0.332 e. The molecule has 0 radical (unpaired) electrons. The van der Waals surface area contributed by atoms with Crippen molar-refractivity contribution in [2.24, 2.45) is 7.05 Å². The Kier molecular flexibility index (Phi) is 3.99. The van der Waals surface area contributed by atoms with Crippen LogP contribution in [0.1, 0.15) is 5.82 Å². The molecule has 0 atom stereocenters. The molecule has 0 spiro atoms. The van der Waals surface area contributed by atoms with Gasteiger partial charge in [0.05, 0.1) is 0 Å². The molecule has 0 saturated heterocycles. The average molecular weight is 210 g/mol. The molecule has 0 aliphatic rings. The highest BCUT2D eigenvalue weighted by Gasteiger charge is 2.03. The first-order chi connectivity index (χ1) is 7.09. The predicted molar refractivity (Wildman–Crippen MR) is 54.4 cm³/mol. The quantitative estimate of drug-likeness (QED) is 0.493. The van der Waals surface area contributed by atoms with Crippen molar-refractivity contribution in [1.29, 1.82) is 0 Å². The second kappa shape index (κ2) is 5.26. The summed E-state index contributed by atoms with van der Waals surface area (Å²) in [7, 11) is 1.80. The van der Waals surface area contributed by atoms with Gasteiger partial charge in [-0.05, 0) is 0 Å². The Hall–Kier alpha value is -1.69. The van der Waals surface area contributed by atoms with E-state index in [2.05, 4.69) is 22.0 Å². The summed E-state index contributed by atoms with van der Waals surface area (Å²) in [4.78, 5) is 14.4. The number of hydrogen-bond donors (Lipinski definition) is 2. The summed E-state index contributed by atoms with van der Waals surface area (Å²) < 4.78 is 1.63. The second-order valence-electron chi connectivity index (χ2n) is 3.17. The molecule has 6 heteroatoms. The van der Waals surface area contributed by atoms with Crippen molar-refractivity contribution in [2.75, 3.05) is 13.1 Å². The first kappa shape index (κ1) is 11.4. The molecule has 0 saturated carbocycles. The van der Waals surface area contributed by atoms with Gasteiger partial charge in [-0.3, -0.25) is 4.68 Å². The summed E-state index contributed by atoms with van der Waals surface area (Å²) in [6, 6.07) is 0. The van der Waals surface area contributed by atoms with Crippen molar-refractivity contribution in [3.05, 3.63) is 24.3 Å². The molecule has 0 aromatic carbocycles. The van der Waals surface area contributed by atoms with E-state index in [1.807, 2.05) is 0 Å². The van der Waals surface area contributed by atoms with Gasteiger partial charge in [0.2, 0.25) is 0 Å². The lowest BCUT2D eigenvalue weighted by Crippen LogP contribution is -2.23. The Morgan fingerprint density at radius 1 is 1.73 bits per heavy atom. The first-order valence-electron chi connectivity index (χ1n) is 4.56. The summed E-state index contributed by atoms with van der Waals surface area (Å²) in [5, 5.41) is 15.6. The number of carboxylic acid groups (broad SMARTS) is 1. The zero-order chi connectivity index (χ0) is 11.3. The van der Waals surface area contributed by atoms with Gasteiger partial charge in [0.15, 0.2) is 5.82 Å². The molecule has 0 unspecified atom stereocenters. The summed E-state index contributed by atoms with van der Waals surface area (Å²) in [6.07, 6.45) is 2.30. The highest BCUT2D eigenvalue weighted by molar-refractivity contribution is 5.86. The van der Waals surface area contributed by atoms with E-state index >= 15 is 0 Å². The van der Waals surface area contributed by atoms with E-state index in [1.165, 1.54) is 0 Å². The summed E-state index contributed by atoms with van der Waals surface area (Å²) in [6.45, 7) is 4.32. The third-order valence-electron chi connectivity index (χ3n) is 1.81. The standard InChI is InChI=1S/C9H14N4O2/c1-7(9(14)15)5-10-4-3-8-11-6-13(2)12-8/h6,10H,1,3-5H2,2H3,(H,14,15). The van der Waals surface area contributed by atoms with E-state index in [0.717, 1.165) is 5.82 Å². The lowest BCUT2D eigenvalue weighted by atomic mass is 10.3. The van der Waals surface area contributed by atoms with E-state index in [-0.39, 0.29) is 12.1 Å². The molecular weight excluding hydrogens is 196 g/mol. The van der Waals surface area contributed by atoms with Crippen LogP contribution in [-0.2, 0) is 18.3 Å². The summed E-state index contributed by atoms with van der Waals surface area (Å²) in [5.41, 5.74) is 0.156. The van der Waals surface area contributed by atoms with Gasteiger partial charge in [0, 0.05) is 32.1 Å². The Bertz CT molecular complexity index is 359. The molecule has 2 N–H and O–H groups in total. The fraction of sp³-hybridized carbons (Fsp3) is 0.444. The van der Waals surface area contributed by atoms with Crippen molar-refractivity contribution >= 4 is 5.97 Å². The lowest BCUT2D eigenvalue weighted by Gasteiger charge is -2.01. The molecule has 0 amide bonds. The van der Waals surface area contributed by atoms with Crippen LogP contribution in [0, 0.1) is 0 Å². The van der Waals surface area contributed by atoms with Crippen LogP contribution in [0.2, 0.25) is 0 Å². The van der Waals surface area contributed by atoms with E-state index < -0.39 is 5.97 Å². The van der Waals surface area contributed by atoms with Crippen molar-refractivity contribution in [2.45, 2.75) is 6.42 Å². The molecule has 0 bridgehead atoms. The third kappa shape index (κ3) is 3.90. The molecule has 1 heterocycles. The number of aryl methyl sites for hydroxylation is 1. The smallest absolute Gasteiger partial charge is 0.332 e. The topological polar surface area (TPSA) is 80.0 Å². The maximum absolute atomic E-state index is 10.4. The Morgan fingerprint density at radius 2 is 2.47 bits per heavy atom. The number of nitrogens with zero attached hydrogens (tertiary/aromatic N) is 3. The van der Waals surface area contributed by atoms with Gasteiger partial charge in [-0.15, -0.1) is 0 Å². The summed E-state index contributed by atoms with van der Waals surface area (Å²) >= 11 is 0. The van der Waals surface area contributed by atoms with Gasteiger partial charge in [0.25, 0.3) is 0 Å². The van der Waals surface area contributed by atoms with Crippen molar-refractivity contribution < 1.29 is 9.90 Å². The average Bonchev–Trinajstić information content (AvgIpc) is 2.58. The van der Waals surface area contributed by atoms with Gasteiger partial charge in [-0.2, -0.15) is 5.10 Å². The highest BCUT2D eigenvalue weighted by atomic mass is 16.4. The second-order valence-corrected chi connectivity index (χ2v) is 3.17. The van der Waals surface area contributed by atoms with E-state index in [1.54, 1.807) is 18.1 Å². The lowest BCUT2D eigenvalue weighted by molar-refractivity contribution is -0.132. The first-order valence-corrected chi connectivity index (χ1v) is 4.56. The number of carbonyl (C=O) groups is 1. The minimum atomic E-state index is -0.974. The molecular formula is C9H14N4O2. The monoisotopic (exact) mass is 210 g/mol. The molecule has 1 rings (SSSR count). The Balaban J connectivity index is 2.17. The van der Waals surface area contributed by atoms with Crippen LogP contribution in [0.4, 0.5) is 0 Å². The van der Waals surface area contributed by atoms with Crippen LogP contribution < -0.4 is 5.32 Å². The normalized spacial score (nSPS) is 10.2. The largest absolute Gasteiger partial charge is 0.478 e. The number of aliphatic carboxylic acids is 1. The molecule has 15 heavy (non-hydrogen) atoms. The molecule has 6 nitrogen and oxygen atoms in total. The van der Waals surface area contributed by atoms with Crippen LogP contribution in [-0.4, -0.2) is 38.9 Å². The molecule has 0 fully saturated rings. The van der Waals surface area contributed by atoms with Gasteiger partial charge >= 0.3 is 5.97 Å². The minimum Gasteiger partial charge on any atom is -0.478 e. The zero-order valence-electron chi connectivity index (χ0n) is 8.60. The molecule has 82 valence electrons. The van der Waals surface area contributed by atoms with E-state index in [4.69, 9.17) is 5.11 Å². The van der Waals surface area contributed by atoms with Crippen LogP contribution in [0.3, 0.4) is 0 Å². The van der Waals surface area contributed by atoms with E-state index in [0.29, 0.717) is 13.0 Å². The zero-order valence-corrected chi connectivity index (χ0v) is 8.60. The summed E-state index contributed by atoms with van der Waals surface area (Å²) in [5.74, 6) is -0.232.